The van der Waals surface area contributed by atoms with Gasteiger partial charge in [0.05, 0.1) is 11.2 Å². The highest BCUT2D eigenvalue weighted by molar-refractivity contribution is 14.1. The lowest BCUT2D eigenvalue weighted by molar-refractivity contribution is -0.118. The van der Waals surface area contributed by atoms with Crippen LogP contribution in [0.15, 0.2) is 103 Å². The quantitative estimate of drug-likeness (QED) is 0.158. The highest BCUT2D eigenvalue weighted by atomic mass is 127. The molecule has 0 atom stereocenters. The van der Waals surface area contributed by atoms with E-state index >= 15 is 0 Å². The van der Waals surface area contributed by atoms with Crippen molar-refractivity contribution in [1.82, 2.24) is 9.47 Å². The molecule has 1 aliphatic heterocycles. The van der Waals surface area contributed by atoms with E-state index in [1.165, 1.54) is 42.5 Å². The van der Waals surface area contributed by atoms with Crippen LogP contribution in [0.4, 0.5) is 5.69 Å². The van der Waals surface area contributed by atoms with Crippen molar-refractivity contribution in [2.24, 2.45) is 5.92 Å². The van der Waals surface area contributed by atoms with E-state index < -0.39 is 0 Å². The average molecular weight is 682 g/mol. The third-order valence-corrected chi connectivity index (χ3v) is 9.70. The molecule has 2 heterocycles. The first kappa shape index (κ1) is 29.6. The zero-order valence-corrected chi connectivity index (χ0v) is 27.3. The van der Waals surface area contributed by atoms with Crippen LogP contribution < -0.4 is 5.32 Å². The fourth-order valence-electron chi connectivity index (χ4n) is 6.47. The Morgan fingerprint density at radius 1 is 0.884 bits per heavy atom. The molecule has 0 aliphatic carbocycles. The van der Waals surface area contributed by atoms with Crippen LogP contribution >= 0.6 is 22.6 Å². The van der Waals surface area contributed by atoms with Gasteiger partial charge in [-0.05, 0) is 121 Å². The second-order valence-corrected chi connectivity index (χ2v) is 13.1. The molecule has 5 heteroatoms. The van der Waals surface area contributed by atoms with Crippen LogP contribution in [0, 0.1) is 9.49 Å². The number of para-hydroxylation sites is 2. The van der Waals surface area contributed by atoms with Gasteiger partial charge in [0.25, 0.3) is 0 Å². The first-order valence-electron chi connectivity index (χ1n) is 15.6. The minimum atomic E-state index is -0.0193. The van der Waals surface area contributed by atoms with Gasteiger partial charge in [-0.3, -0.25) is 4.79 Å². The van der Waals surface area contributed by atoms with E-state index in [0.717, 1.165) is 51.0 Å². The van der Waals surface area contributed by atoms with Crippen molar-refractivity contribution >= 4 is 45.1 Å². The topological polar surface area (TPSA) is 37.3 Å². The molecule has 4 nitrogen and oxygen atoms in total. The van der Waals surface area contributed by atoms with Gasteiger partial charge in [-0.15, -0.1) is 0 Å². The number of hydrogen-bond acceptors (Lipinski definition) is 2. The number of carbonyl (C=O) groups excluding carboxylic acids is 1. The predicted molar refractivity (Wildman–Crippen MR) is 188 cm³/mol. The van der Waals surface area contributed by atoms with Gasteiger partial charge in [0, 0.05) is 31.8 Å². The monoisotopic (exact) mass is 681 g/mol. The lowest BCUT2D eigenvalue weighted by atomic mass is 9.89. The van der Waals surface area contributed by atoms with Crippen molar-refractivity contribution < 1.29 is 4.79 Å². The number of likely N-dealkylation sites (tertiary alicyclic amines) is 1. The summed E-state index contributed by atoms with van der Waals surface area (Å²) in [5.41, 5.74) is 8.79. The van der Waals surface area contributed by atoms with Crippen molar-refractivity contribution in [3.63, 3.8) is 0 Å². The average Bonchev–Trinajstić information content (AvgIpc) is 3.36. The van der Waals surface area contributed by atoms with Gasteiger partial charge >= 0.3 is 0 Å². The number of aryl methyl sites for hydroxylation is 1. The minimum Gasteiger partial charge on any atom is -0.326 e. The third kappa shape index (κ3) is 6.58. The summed E-state index contributed by atoms with van der Waals surface area (Å²) in [6, 6.07) is 36.9. The number of aromatic nitrogens is 1. The fraction of sp³-hybridized carbons (Fsp3) is 0.289. The van der Waals surface area contributed by atoms with Crippen molar-refractivity contribution in [3.8, 4) is 16.9 Å². The molecule has 43 heavy (non-hydrogen) atoms. The molecule has 1 fully saturated rings. The van der Waals surface area contributed by atoms with Crippen LogP contribution in [0.5, 0.6) is 0 Å². The van der Waals surface area contributed by atoms with E-state index in [4.69, 9.17) is 0 Å². The Morgan fingerprint density at radius 2 is 1.60 bits per heavy atom. The number of piperidine rings is 1. The largest absolute Gasteiger partial charge is 0.326 e. The van der Waals surface area contributed by atoms with E-state index in [0.29, 0.717) is 5.92 Å². The SMILES string of the molecule is CC(C)C(=O)Nc1cccc(C2CCN(CCCc3c(-c4ccccc4I)n(-c4ccccc4)c4ccccc34)CC2)c1. The van der Waals surface area contributed by atoms with Gasteiger partial charge in [-0.1, -0.05) is 80.6 Å². The number of rotatable bonds is 9. The van der Waals surface area contributed by atoms with Gasteiger partial charge in [-0.2, -0.15) is 0 Å². The lowest BCUT2D eigenvalue weighted by Crippen LogP contribution is -2.33. The molecule has 0 saturated carbocycles. The Kier molecular flexibility index (Phi) is 9.29. The summed E-state index contributed by atoms with van der Waals surface area (Å²) in [4.78, 5) is 14.8. The van der Waals surface area contributed by atoms with Crippen LogP contribution in [0.25, 0.3) is 27.8 Å². The summed E-state index contributed by atoms with van der Waals surface area (Å²) in [6.45, 7) is 7.19. The maximum Gasteiger partial charge on any atom is 0.226 e. The van der Waals surface area contributed by atoms with Crippen LogP contribution in [0.3, 0.4) is 0 Å². The Bertz CT molecular complexity index is 1700. The normalized spacial score (nSPS) is 14.4. The van der Waals surface area contributed by atoms with Crippen LogP contribution in [0.2, 0.25) is 0 Å². The number of fused-ring (bicyclic) bond motifs is 1. The number of nitrogens with zero attached hydrogens (tertiary/aromatic N) is 2. The fourth-order valence-corrected chi connectivity index (χ4v) is 7.11. The second-order valence-electron chi connectivity index (χ2n) is 12.0. The number of benzene rings is 4. The molecular formula is C38H40IN3O. The predicted octanol–water partition coefficient (Wildman–Crippen LogP) is 9.31. The van der Waals surface area contributed by atoms with Crippen molar-refractivity contribution in [2.75, 3.05) is 25.0 Å². The molecular weight excluding hydrogens is 641 g/mol. The van der Waals surface area contributed by atoms with E-state index in [2.05, 4.69) is 134 Å². The third-order valence-electron chi connectivity index (χ3n) is 8.76. The minimum absolute atomic E-state index is 0.0193. The molecule has 1 N–H and O–H groups in total. The Labute approximate surface area is 269 Å². The number of nitrogens with one attached hydrogen (secondary N) is 1. The van der Waals surface area contributed by atoms with Crippen molar-refractivity contribution in [2.45, 2.75) is 45.4 Å². The molecule has 6 rings (SSSR count). The number of carbonyl (C=O) groups is 1. The molecule has 0 spiro atoms. The summed E-state index contributed by atoms with van der Waals surface area (Å²) >= 11 is 2.49. The number of hydrogen-bond donors (Lipinski definition) is 1. The molecule has 4 aromatic carbocycles. The highest BCUT2D eigenvalue weighted by Crippen LogP contribution is 2.39. The summed E-state index contributed by atoms with van der Waals surface area (Å²) in [6.07, 6.45) is 4.48. The van der Waals surface area contributed by atoms with Gasteiger partial charge in [0.2, 0.25) is 5.91 Å². The smallest absolute Gasteiger partial charge is 0.226 e. The van der Waals surface area contributed by atoms with E-state index in [-0.39, 0.29) is 11.8 Å². The molecule has 5 aromatic rings. The maximum absolute atomic E-state index is 12.2. The summed E-state index contributed by atoms with van der Waals surface area (Å²) in [7, 11) is 0. The van der Waals surface area contributed by atoms with Gasteiger partial charge in [-0.25, -0.2) is 0 Å². The Morgan fingerprint density at radius 3 is 2.37 bits per heavy atom. The first-order valence-corrected chi connectivity index (χ1v) is 16.6. The number of amides is 1. The van der Waals surface area contributed by atoms with Crippen LogP contribution in [0.1, 0.15) is 50.2 Å². The second kappa shape index (κ2) is 13.5. The summed E-state index contributed by atoms with van der Waals surface area (Å²) < 4.78 is 3.74. The lowest BCUT2D eigenvalue weighted by Gasteiger charge is -2.32. The molecule has 220 valence electrons. The zero-order valence-electron chi connectivity index (χ0n) is 25.1. The van der Waals surface area contributed by atoms with Gasteiger partial charge in [0.1, 0.15) is 0 Å². The molecule has 1 aliphatic rings. The molecule has 0 radical (unpaired) electrons. The molecule has 0 unspecified atom stereocenters. The highest BCUT2D eigenvalue weighted by Gasteiger charge is 2.23. The molecule has 0 bridgehead atoms. The standard InChI is InChI=1S/C38H40IN3O/c1-27(2)38(43)40-30-13-10-12-29(26-30)28-21-24-41(25-22-28)23-11-18-33-32-16-7-9-20-36(32)42(31-14-4-3-5-15-31)37(33)34-17-6-8-19-35(34)39/h3-10,12-17,19-20,26-28H,11,18,21-25H2,1-2H3,(H,40,43). The number of halogens is 1. The Balaban J connectivity index is 1.18. The number of anilines is 1. The van der Waals surface area contributed by atoms with E-state index in [9.17, 15) is 4.79 Å². The van der Waals surface area contributed by atoms with Crippen molar-refractivity contribution in [1.29, 1.82) is 0 Å². The summed E-state index contributed by atoms with van der Waals surface area (Å²) in [5.74, 6) is 0.598. The van der Waals surface area contributed by atoms with Crippen LogP contribution in [-0.2, 0) is 11.2 Å². The van der Waals surface area contributed by atoms with Gasteiger partial charge < -0.3 is 14.8 Å². The molecule has 1 saturated heterocycles. The molecule has 1 amide bonds. The van der Waals surface area contributed by atoms with Crippen molar-refractivity contribution in [3.05, 3.63) is 118 Å². The maximum atomic E-state index is 12.2. The van der Waals surface area contributed by atoms with Gasteiger partial charge in [0.15, 0.2) is 0 Å². The first-order chi connectivity index (χ1) is 21.0. The Hall–Kier alpha value is -3.42. The van der Waals surface area contributed by atoms with E-state index in [1.54, 1.807) is 0 Å². The molecule has 1 aromatic heterocycles. The zero-order chi connectivity index (χ0) is 29.8. The summed E-state index contributed by atoms with van der Waals surface area (Å²) in [5, 5.41) is 4.42. The van der Waals surface area contributed by atoms with E-state index in [1.807, 2.05) is 19.9 Å². The van der Waals surface area contributed by atoms with Crippen LogP contribution in [-0.4, -0.2) is 35.0 Å².